The van der Waals surface area contributed by atoms with Crippen molar-refractivity contribution in [2.45, 2.75) is 19.4 Å². The molecular weight excluding hydrogens is 374 g/mol. The third-order valence-electron chi connectivity index (χ3n) is 3.25. The molecule has 0 aliphatic heterocycles. The first-order valence-electron chi connectivity index (χ1n) is 7.53. The summed E-state index contributed by atoms with van der Waals surface area (Å²) in [7, 11) is 0. The van der Waals surface area contributed by atoms with E-state index >= 15 is 0 Å². The first-order chi connectivity index (χ1) is 11.1. The Kier molecular flexibility index (Phi) is 7.52. The highest BCUT2D eigenvalue weighted by atomic mass is 79.9. The molecule has 0 bridgehead atoms. The molecule has 1 amide bonds. The van der Waals surface area contributed by atoms with Gasteiger partial charge in [0.1, 0.15) is 0 Å². The molecule has 2 rings (SSSR count). The molecule has 1 unspecified atom stereocenters. The zero-order valence-corrected chi connectivity index (χ0v) is 15.4. The van der Waals surface area contributed by atoms with Gasteiger partial charge in [-0.3, -0.25) is 4.79 Å². The summed E-state index contributed by atoms with van der Waals surface area (Å²) in [6.45, 7) is 3.27. The lowest BCUT2D eigenvalue weighted by Crippen LogP contribution is -2.23. The van der Waals surface area contributed by atoms with Crippen LogP contribution in [0, 0.1) is 0 Å². The zero-order chi connectivity index (χ0) is 16.5. The summed E-state index contributed by atoms with van der Waals surface area (Å²) in [5, 5.41) is 2.86. The number of halogens is 1. The second-order valence-corrected chi connectivity index (χ2v) is 7.54. The van der Waals surface area contributed by atoms with Crippen LogP contribution in [0.25, 0.3) is 6.08 Å². The van der Waals surface area contributed by atoms with Crippen LogP contribution < -0.4 is 5.32 Å². The maximum atomic E-state index is 11.7. The molecule has 0 aliphatic carbocycles. The van der Waals surface area contributed by atoms with Gasteiger partial charge in [0.2, 0.25) is 5.91 Å². The molecule has 5 heteroatoms. The molecule has 23 heavy (non-hydrogen) atoms. The maximum absolute atomic E-state index is 11.7. The van der Waals surface area contributed by atoms with Crippen molar-refractivity contribution >= 4 is 39.2 Å². The van der Waals surface area contributed by atoms with Gasteiger partial charge in [-0.2, -0.15) is 0 Å². The van der Waals surface area contributed by atoms with E-state index in [2.05, 4.69) is 33.4 Å². The lowest BCUT2D eigenvalue weighted by atomic mass is 10.1. The number of thiophene rings is 1. The first kappa shape index (κ1) is 17.9. The predicted octanol–water partition coefficient (Wildman–Crippen LogP) is 4.81. The molecule has 0 fully saturated rings. The number of rotatable bonds is 8. The molecule has 0 spiro atoms. The van der Waals surface area contributed by atoms with Gasteiger partial charge in [-0.25, -0.2) is 0 Å². The molecule has 0 aliphatic rings. The third-order valence-corrected chi connectivity index (χ3v) is 4.84. The Morgan fingerprint density at radius 2 is 2.09 bits per heavy atom. The molecular formula is C18H20BrNO2S. The molecule has 122 valence electrons. The number of nitrogens with one attached hydrogen (secondary N) is 1. The quantitative estimate of drug-likeness (QED) is 0.516. The Morgan fingerprint density at radius 3 is 2.78 bits per heavy atom. The van der Waals surface area contributed by atoms with E-state index in [1.165, 1.54) is 5.56 Å². The molecule has 1 heterocycles. The fraction of sp³-hybridized carbons (Fsp3) is 0.278. The number of benzene rings is 1. The third kappa shape index (κ3) is 6.69. The van der Waals surface area contributed by atoms with Gasteiger partial charge >= 0.3 is 0 Å². The number of carbonyl (C=O) groups is 1. The van der Waals surface area contributed by atoms with E-state index in [0.29, 0.717) is 13.2 Å². The van der Waals surface area contributed by atoms with Crippen molar-refractivity contribution < 1.29 is 9.53 Å². The molecule has 0 saturated carbocycles. The van der Waals surface area contributed by atoms with Gasteiger partial charge < -0.3 is 10.1 Å². The van der Waals surface area contributed by atoms with E-state index in [1.807, 2.05) is 43.3 Å². The standard InChI is InChI=1S/C18H20BrNO2S/c1-14(15-6-3-2-4-7-15)22-13-5-12-20-18(21)11-9-16-8-10-17(19)23-16/h2-4,6-11,14H,5,12-13H2,1H3,(H,20,21)/b11-9+. The summed E-state index contributed by atoms with van der Waals surface area (Å²) < 4.78 is 6.83. The Labute approximate surface area is 149 Å². The Balaban J connectivity index is 1.60. The average Bonchev–Trinajstić information content (AvgIpc) is 2.98. The molecule has 1 aromatic heterocycles. The monoisotopic (exact) mass is 393 g/mol. The topological polar surface area (TPSA) is 38.3 Å². The molecule has 2 aromatic rings. The maximum Gasteiger partial charge on any atom is 0.244 e. The van der Waals surface area contributed by atoms with E-state index in [0.717, 1.165) is 15.1 Å². The minimum atomic E-state index is -0.0781. The number of hydrogen-bond donors (Lipinski definition) is 1. The minimum absolute atomic E-state index is 0.0732. The summed E-state index contributed by atoms with van der Waals surface area (Å²) in [4.78, 5) is 12.7. The Bertz CT molecular complexity index is 639. The van der Waals surface area contributed by atoms with Gasteiger partial charge in [0.15, 0.2) is 0 Å². The average molecular weight is 394 g/mol. The smallest absolute Gasteiger partial charge is 0.244 e. The normalized spacial score (nSPS) is 12.4. The van der Waals surface area contributed by atoms with E-state index in [-0.39, 0.29) is 12.0 Å². The summed E-state index contributed by atoms with van der Waals surface area (Å²) in [5.41, 5.74) is 1.17. The van der Waals surface area contributed by atoms with Crippen molar-refractivity contribution in [2.24, 2.45) is 0 Å². The summed E-state index contributed by atoms with van der Waals surface area (Å²) in [6, 6.07) is 14.1. The van der Waals surface area contributed by atoms with Gasteiger partial charge in [0.25, 0.3) is 0 Å². The van der Waals surface area contributed by atoms with E-state index in [4.69, 9.17) is 4.74 Å². The molecule has 1 N–H and O–H groups in total. The summed E-state index contributed by atoms with van der Waals surface area (Å²) in [5.74, 6) is -0.0781. The summed E-state index contributed by atoms with van der Waals surface area (Å²) >= 11 is 4.99. The van der Waals surface area contributed by atoms with Crippen LogP contribution in [0.5, 0.6) is 0 Å². The highest BCUT2D eigenvalue weighted by molar-refractivity contribution is 9.11. The summed E-state index contributed by atoms with van der Waals surface area (Å²) in [6.07, 6.45) is 4.25. The van der Waals surface area contributed by atoms with Crippen molar-refractivity contribution in [1.82, 2.24) is 5.32 Å². The number of carbonyl (C=O) groups excluding carboxylic acids is 1. The van der Waals surface area contributed by atoms with Crippen LogP contribution in [0.2, 0.25) is 0 Å². The minimum Gasteiger partial charge on any atom is -0.374 e. The van der Waals surface area contributed by atoms with Gasteiger partial charge in [-0.1, -0.05) is 30.3 Å². The van der Waals surface area contributed by atoms with Crippen molar-refractivity contribution in [3.8, 4) is 0 Å². The second kappa shape index (κ2) is 9.65. The second-order valence-electron chi connectivity index (χ2n) is 5.04. The molecule has 1 aromatic carbocycles. The lowest BCUT2D eigenvalue weighted by Gasteiger charge is -2.13. The fourth-order valence-corrected chi connectivity index (χ4v) is 3.33. The largest absolute Gasteiger partial charge is 0.374 e. The number of amides is 1. The molecule has 3 nitrogen and oxygen atoms in total. The van der Waals surface area contributed by atoms with Crippen LogP contribution in [0.1, 0.15) is 29.9 Å². The molecule has 1 atom stereocenters. The van der Waals surface area contributed by atoms with Crippen LogP contribution in [0.4, 0.5) is 0 Å². The molecule has 0 radical (unpaired) electrons. The zero-order valence-electron chi connectivity index (χ0n) is 13.0. The van der Waals surface area contributed by atoms with E-state index in [1.54, 1.807) is 17.4 Å². The Morgan fingerprint density at radius 1 is 1.30 bits per heavy atom. The SMILES string of the molecule is CC(OCCCNC(=O)/C=C/c1ccc(Br)s1)c1ccccc1. The van der Waals surface area contributed by atoms with E-state index in [9.17, 15) is 4.79 Å². The Hall–Kier alpha value is -1.43. The van der Waals surface area contributed by atoms with Crippen LogP contribution >= 0.6 is 27.3 Å². The van der Waals surface area contributed by atoms with Crippen LogP contribution in [0.3, 0.4) is 0 Å². The first-order valence-corrected chi connectivity index (χ1v) is 9.14. The van der Waals surface area contributed by atoms with Crippen molar-refractivity contribution in [3.05, 3.63) is 62.8 Å². The van der Waals surface area contributed by atoms with Crippen LogP contribution in [0.15, 0.2) is 52.3 Å². The van der Waals surface area contributed by atoms with Gasteiger partial charge in [-0.05, 0) is 53.0 Å². The van der Waals surface area contributed by atoms with Crippen molar-refractivity contribution in [1.29, 1.82) is 0 Å². The van der Waals surface area contributed by atoms with Crippen molar-refractivity contribution in [2.75, 3.05) is 13.2 Å². The number of ether oxygens (including phenoxy) is 1. The van der Waals surface area contributed by atoms with Crippen molar-refractivity contribution in [3.63, 3.8) is 0 Å². The van der Waals surface area contributed by atoms with Gasteiger partial charge in [0, 0.05) is 24.1 Å². The van der Waals surface area contributed by atoms with E-state index < -0.39 is 0 Å². The predicted molar refractivity (Wildman–Crippen MR) is 99.5 cm³/mol. The number of hydrogen-bond acceptors (Lipinski definition) is 3. The van der Waals surface area contributed by atoms with Gasteiger partial charge in [-0.15, -0.1) is 11.3 Å². The fourth-order valence-electron chi connectivity index (χ4n) is 2.00. The van der Waals surface area contributed by atoms with Crippen LogP contribution in [-0.4, -0.2) is 19.1 Å². The van der Waals surface area contributed by atoms with Gasteiger partial charge in [0.05, 0.1) is 9.89 Å². The lowest BCUT2D eigenvalue weighted by molar-refractivity contribution is -0.116. The molecule has 0 saturated heterocycles. The van der Waals surface area contributed by atoms with Crippen LogP contribution in [-0.2, 0) is 9.53 Å². The highest BCUT2D eigenvalue weighted by Gasteiger charge is 2.04. The highest BCUT2D eigenvalue weighted by Crippen LogP contribution is 2.22.